The lowest BCUT2D eigenvalue weighted by atomic mass is 9.87. The van der Waals surface area contributed by atoms with Crippen LogP contribution in [-0.2, 0) is 10.2 Å². The average molecular weight is 619 g/mol. The Hall–Kier alpha value is -2.77. The fourth-order valence-corrected chi connectivity index (χ4v) is 5.47. The van der Waals surface area contributed by atoms with Crippen molar-refractivity contribution in [3.63, 3.8) is 0 Å². The summed E-state index contributed by atoms with van der Waals surface area (Å²) in [6, 6.07) is 7.78. The number of carbonyl (C=O) groups is 1. The van der Waals surface area contributed by atoms with E-state index in [4.69, 9.17) is 10.5 Å². The highest BCUT2D eigenvalue weighted by atomic mass is 79.9. The monoisotopic (exact) mass is 617 g/mol. The number of aromatic nitrogens is 3. The lowest BCUT2D eigenvalue weighted by molar-refractivity contribution is -0.0466. The molecule has 3 aromatic rings. The number of anilines is 2. The predicted octanol–water partition coefficient (Wildman–Crippen LogP) is 3.61. The van der Waals surface area contributed by atoms with E-state index in [2.05, 4.69) is 76.1 Å². The van der Waals surface area contributed by atoms with Crippen LogP contribution in [0.25, 0.3) is 11.0 Å². The molecule has 40 heavy (non-hydrogen) atoms. The van der Waals surface area contributed by atoms with E-state index in [0.29, 0.717) is 47.4 Å². The highest BCUT2D eigenvalue weighted by molar-refractivity contribution is 9.10. The van der Waals surface area contributed by atoms with Gasteiger partial charge in [-0.3, -0.25) is 4.90 Å². The predicted molar refractivity (Wildman–Crippen MR) is 159 cm³/mol. The fraction of sp³-hybridized carbons (Fsp3) is 0.536. The lowest BCUT2D eigenvalue weighted by Crippen LogP contribution is -2.44. The van der Waals surface area contributed by atoms with Gasteiger partial charge in [-0.05, 0) is 59.3 Å². The molecule has 0 radical (unpaired) electrons. The summed E-state index contributed by atoms with van der Waals surface area (Å²) in [4.78, 5) is 22.9. The quantitative estimate of drug-likeness (QED) is 0.228. The molecule has 3 heterocycles. The van der Waals surface area contributed by atoms with Gasteiger partial charge in [-0.1, -0.05) is 32.9 Å². The summed E-state index contributed by atoms with van der Waals surface area (Å²) >= 11 is 3.48. The van der Waals surface area contributed by atoms with Gasteiger partial charge in [0, 0.05) is 42.0 Å². The van der Waals surface area contributed by atoms with Crippen molar-refractivity contribution in [1.82, 2.24) is 24.8 Å². The summed E-state index contributed by atoms with van der Waals surface area (Å²) in [6.45, 7) is 12.1. The summed E-state index contributed by atoms with van der Waals surface area (Å²) in [7, 11) is 0. The first-order chi connectivity index (χ1) is 18.9. The van der Waals surface area contributed by atoms with Crippen LogP contribution in [0.5, 0.6) is 0 Å². The molecule has 0 spiro atoms. The molecule has 0 aliphatic carbocycles. The second-order valence-electron chi connectivity index (χ2n) is 11.5. The maximum Gasteiger partial charge on any atom is 0.319 e. The SMILES string of the molecule is CC(C)N(CCCNC(=O)Nc1ccc(C(C)(C)C)cc1)C[C@@H]1O[C@H](n2cc(Br)c3c(N)ncnc32)[C@@H](O)[C@@H]1O. The van der Waals surface area contributed by atoms with E-state index in [-0.39, 0.29) is 17.5 Å². The van der Waals surface area contributed by atoms with Gasteiger partial charge in [0.1, 0.15) is 36.1 Å². The van der Waals surface area contributed by atoms with Crippen molar-refractivity contribution in [2.45, 2.75) is 77.0 Å². The number of amides is 2. The maximum absolute atomic E-state index is 12.4. The number of carbonyl (C=O) groups excluding carboxylic acids is 1. The van der Waals surface area contributed by atoms with E-state index in [9.17, 15) is 15.0 Å². The Morgan fingerprint density at radius 2 is 1.90 bits per heavy atom. The Labute approximate surface area is 243 Å². The molecule has 1 saturated heterocycles. The number of hydrogen-bond acceptors (Lipinski definition) is 8. The molecule has 218 valence electrons. The van der Waals surface area contributed by atoms with E-state index in [1.807, 2.05) is 24.3 Å². The molecule has 0 unspecified atom stereocenters. The number of fused-ring (bicyclic) bond motifs is 1. The maximum atomic E-state index is 12.4. The van der Waals surface area contributed by atoms with Crippen molar-refractivity contribution in [1.29, 1.82) is 0 Å². The molecule has 2 aromatic heterocycles. The molecule has 0 bridgehead atoms. The van der Waals surface area contributed by atoms with Gasteiger partial charge in [0.25, 0.3) is 0 Å². The van der Waals surface area contributed by atoms with Crippen LogP contribution in [0.15, 0.2) is 41.3 Å². The van der Waals surface area contributed by atoms with E-state index in [1.165, 1.54) is 11.9 Å². The van der Waals surface area contributed by atoms with Crippen LogP contribution >= 0.6 is 15.9 Å². The fourth-order valence-electron chi connectivity index (χ4n) is 4.87. The van der Waals surface area contributed by atoms with E-state index < -0.39 is 24.5 Å². The minimum absolute atomic E-state index is 0.0545. The number of hydrogen-bond donors (Lipinski definition) is 5. The number of aliphatic hydroxyl groups is 2. The number of rotatable bonds is 9. The molecular weight excluding hydrogens is 578 g/mol. The molecular formula is C28H40BrN7O4. The number of nitrogens with two attached hydrogens (primary N) is 1. The highest BCUT2D eigenvalue weighted by Crippen LogP contribution is 2.36. The van der Waals surface area contributed by atoms with E-state index in [0.717, 1.165) is 5.69 Å². The van der Waals surface area contributed by atoms with Crippen LogP contribution in [-0.4, -0.2) is 79.7 Å². The smallest absolute Gasteiger partial charge is 0.319 e. The Morgan fingerprint density at radius 3 is 2.55 bits per heavy atom. The number of urea groups is 1. The first kappa shape index (κ1) is 30.2. The zero-order valence-corrected chi connectivity index (χ0v) is 25.2. The van der Waals surface area contributed by atoms with Crippen molar-refractivity contribution in [3.8, 4) is 0 Å². The molecule has 1 aromatic carbocycles. The summed E-state index contributed by atoms with van der Waals surface area (Å²) in [5.74, 6) is 0.312. The van der Waals surface area contributed by atoms with Crippen LogP contribution in [0.3, 0.4) is 0 Å². The lowest BCUT2D eigenvalue weighted by Gasteiger charge is -2.30. The number of nitrogens with one attached hydrogen (secondary N) is 2. The first-order valence-electron chi connectivity index (χ1n) is 13.5. The summed E-state index contributed by atoms with van der Waals surface area (Å²) < 4.78 is 8.52. The van der Waals surface area contributed by atoms with Crippen molar-refractivity contribution >= 4 is 44.5 Å². The third-order valence-electron chi connectivity index (χ3n) is 7.26. The van der Waals surface area contributed by atoms with Gasteiger partial charge in [0.15, 0.2) is 6.23 Å². The summed E-state index contributed by atoms with van der Waals surface area (Å²) in [6.07, 6.45) is 0.0947. The normalized spacial score (nSPS) is 21.4. The first-order valence-corrected chi connectivity index (χ1v) is 14.3. The molecule has 4 rings (SSSR count). The Bertz CT molecular complexity index is 1310. The van der Waals surface area contributed by atoms with Gasteiger partial charge >= 0.3 is 6.03 Å². The molecule has 2 amide bonds. The second kappa shape index (κ2) is 12.4. The second-order valence-corrected chi connectivity index (χ2v) is 12.4. The Morgan fingerprint density at radius 1 is 1.20 bits per heavy atom. The van der Waals surface area contributed by atoms with Gasteiger partial charge in [-0.2, -0.15) is 0 Å². The number of halogens is 1. The third-order valence-corrected chi connectivity index (χ3v) is 7.87. The molecule has 12 heteroatoms. The van der Waals surface area contributed by atoms with Gasteiger partial charge < -0.3 is 35.9 Å². The zero-order valence-electron chi connectivity index (χ0n) is 23.6. The molecule has 11 nitrogen and oxygen atoms in total. The van der Waals surface area contributed by atoms with E-state index in [1.54, 1.807) is 10.8 Å². The molecule has 1 fully saturated rings. The van der Waals surface area contributed by atoms with Crippen LogP contribution < -0.4 is 16.4 Å². The van der Waals surface area contributed by atoms with E-state index >= 15 is 0 Å². The largest absolute Gasteiger partial charge is 0.387 e. The molecule has 1 aliphatic rings. The van der Waals surface area contributed by atoms with Crippen molar-refractivity contribution < 1.29 is 19.7 Å². The molecule has 4 atom stereocenters. The summed E-state index contributed by atoms with van der Waals surface area (Å²) in [5.41, 5.74) is 8.52. The minimum atomic E-state index is -1.15. The van der Waals surface area contributed by atoms with Crippen LogP contribution in [0, 0.1) is 0 Å². The third kappa shape index (κ3) is 6.74. The standard InChI is InChI=1S/C28H40BrN7O4/c1-16(2)35(12-6-11-31-27(39)34-18-9-7-17(8-10-18)28(3,4)5)14-20-22(37)23(38)26(40-20)36-13-19(29)21-24(30)32-15-33-25(21)36/h7-10,13,15-16,20,22-23,26,37-38H,6,11-12,14H2,1-5H3,(H2,30,32,33)(H2,31,34,39)/t20-,22+,23-,26-/m0/s1. The van der Waals surface area contributed by atoms with Crippen molar-refractivity contribution in [2.75, 3.05) is 30.7 Å². The molecule has 1 aliphatic heterocycles. The van der Waals surface area contributed by atoms with Crippen LogP contribution in [0.1, 0.15) is 52.8 Å². The molecule has 0 saturated carbocycles. The van der Waals surface area contributed by atoms with Crippen LogP contribution in [0.4, 0.5) is 16.3 Å². The summed E-state index contributed by atoms with van der Waals surface area (Å²) in [5, 5.41) is 28.1. The highest BCUT2D eigenvalue weighted by Gasteiger charge is 2.45. The van der Waals surface area contributed by atoms with Gasteiger partial charge in [0.2, 0.25) is 0 Å². The van der Waals surface area contributed by atoms with Crippen molar-refractivity contribution in [2.24, 2.45) is 0 Å². The minimum Gasteiger partial charge on any atom is -0.387 e. The number of benzene rings is 1. The van der Waals surface area contributed by atoms with Gasteiger partial charge in [0.05, 0.1) is 5.39 Å². The Kier molecular flexibility index (Phi) is 9.36. The zero-order chi connectivity index (χ0) is 29.2. The van der Waals surface area contributed by atoms with Gasteiger partial charge in [-0.25, -0.2) is 14.8 Å². The topological polar surface area (TPSA) is 151 Å². The van der Waals surface area contributed by atoms with Gasteiger partial charge in [-0.15, -0.1) is 0 Å². The number of ether oxygens (including phenoxy) is 1. The Balaban J connectivity index is 1.30. The van der Waals surface area contributed by atoms with Crippen molar-refractivity contribution in [3.05, 3.63) is 46.8 Å². The number of nitrogen functional groups attached to an aromatic ring is 1. The average Bonchev–Trinajstić information content (AvgIpc) is 3.37. The molecule has 6 N–H and O–H groups in total. The van der Waals surface area contributed by atoms with Crippen LogP contribution in [0.2, 0.25) is 0 Å². The number of nitrogens with zero attached hydrogens (tertiary/aromatic N) is 4. The number of aliphatic hydroxyl groups excluding tert-OH is 2.